The molecule has 208 valence electrons. The number of hydrogen-bond donors (Lipinski definition) is 0. The van der Waals surface area contributed by atoms with Gasteiger partial charge in [0, 0.05) is 0 Å². The van der Waals surface area contributed by atoms with Crippen LogP contribution in [0.1, 0.15) is 110 Å². The maximum atomic E-state index is 12.4. The molecule has 1 heterocycles. The molecule has 0 aromatic heterocycles. The van der Waals surface area contributed by atoms with E-state index in [2.05, 4.69) is 50.1 Å². The summed E-state index contributed by atoms with van der Waals surface area (Å²) >= 11 is 0. The van der Waals surface area contributed by atoms with Crippen LogP contribution >= 0.6 is 0 Å². The number of carbonyl (C=O) groups is 2. The molecule has 6 heteroatoms. The molecule has 1 rings (SSSR count). The summed E-state index contributed by atoms with van der Waals surface area (Å²) in [4.78, 5) is 26.0. The van der Waals surface area contributed by atoms with E-state index in [0.29, 0.717) is 19.3 Å². The minimum atomic E-state index is -0.935. The number of nitrogens with zero attached hydrogens (tertiary/aromatic N) is 1. The molecule has 0 radical (unpaired) electrons. The van der Waals surface area contributed by atoms with Crippen molar-refractivity contribution >= 4 is 12.3 Å². The van der Waals surface area contributed by atoms with Gasteiger partial charge in [0.25, 0.3) is 0 Å². The summed E-state index contributed by atoms with van der Waals surface area (Å²) in [7, 11) is 2.09. The summed E-state index contributed by atoms with van der Waals surface area (Å²) in [5.41, 5.74) is 0. The number of aldehydes is 1. The average Bonchev–Trinajstić information content (AvgIpc) is 3.31. The van der Waals surface area contributed by atoms with E-state index in [1.54, 1.807) is 0 Å². The highest BCUT2D eigenvalue weighted by molar-refractivity contribution is 5.80. The highest BCUT2D eigenvalue weighted by Crippen LogP contribution is 2.23. The lowest BCUT2D eigenvalue weighted by molar-refractivity contribution is -0.158. The molecule has 0 aromatic rings. The summed E-state index contributed by atoms with van der Waals surface area (Å²) in [6, 6.07) is 0. The third-order valence-electron chi connectivity index (χ3n) is 6.63. The van der Waals surface area contributed by atoms with Crippen LogP contribution in [0.25, 0.3) is 0 Å². The highest BCUT2D eigenvalue weighted by atomic mass is 16.7. The SMILES string of the molecule is CCCCC/C=C\C/C=C\CCCCCCCCOC(=O)C1OC(CCCCN(C)CC)OC1C=O. The largest absolute Gasteiger partial charge is 0.464 e. The van der Waals surface area contributed by atoms with Crippen LogP contribution in [0.2, 0.25) is 0 Å². The van der Waals surface area contributed by atoms with Gasteiger partial charge in [0.05, 0.1) is 6.61 Å². The first-order valence-electron chi connectivity index (χ1n) is 14.5. The Morgan fingerprint density at radius 1 is 0.833 bits per heavy atom. The van der Waals surface area contributed by atoms with Crippen molar-refractivity contribution in [1.82, 2.24) is 4.90 Å². The lowest BCUT2D eigenvalue weighted by atomic mass is 10.1. The molecule has 1 aliphatic heterocycles. The number of ether oxygens (including phenoxy) is 3. The summed E-state index contributed by atoms with van der Waals surface area (Å²) in [5.74, 6) is -0.483. The first kappa shape index (κ1) is 32.5. The second kappa shape index (κ2) is 22.7. The Morgan fingerprint density at radius 2 is 1.50 bits per heavy atom. The second-order valence-corrected chi connectivity index (χ2v) is 9.87. The van der Waals surface area contributed by atoms with Crippen molar-refractivity contribution in [2.75, 3.05) is 26.7 Å². The zero-order valence-electron chi connectivity index (χ0n) is 23.3. The maximum absolute atomic E-state index is 12.4. The standard InChI is InChI=1S/C30H53NO5/c1-4-6-7-8-9-10-11-12-13-14-15-16-17-18-19-22-25-34-30(33)29-27(26-32)35-28(36-29)23-20-21-24-31(3)5-2/h9-10,12-13,26-29H,4-8,11,14-25H2,1-3H3/b10-9-,13-12-. The van der Waals surface area contributed by atoms with E-state index in [4.69, 9.17) is 14.2 Å². The van der Waals surface area contributed by atoms with Crippen LogP contribution in [0.3, 0.4) is 0 Å². The van der Waals surface area contributed by atoms with Crippen molar-refractivity contribution < 1.29 is 23.8 Å². The molecule has 0 saturated carbocycles. The van der Waals surface area contributed by atoms with E-state index in [9.17, 15) is 9.59 Å². The quantitative estimate of drug-likeness (QED) is 0.0658. The molecule has 0 amide bonds. The Kier molecular flexibility index (Phi) is 20.5. The predicted octanol–water partition coefficient (Wildman–Crippen LogP) is 6.77. The van der Waals surface area contributed by atoms with Gasteiger partial charge in [-0.25, -0.2) is 4.79 Å². The monoisotopic (exact) mass is 507 g/mol. The fourth-order valence-electron chi connectivity index (χ4n) is 4.14. The van der Waals surface area contributed by atoms with E-state index in [1.807, 2.05) is 0 Å². The van der Waals surface area contributed by atoms with Gasteiger partial charge in [0.1, 0.15) is 0 Å². The summed E-state index contributed by atoms with van der Waals surface area (Å²) in [6.45, 7) is 6.77. The van der Waals surface area contributed by atoms with E-state index in [-0.39, 0.29) is 0 Å². The zero-order chi connectivity index (χ0) is 26.3. The van der Waals surface area contributed by atoms with Crippen molar-refractivity contribution in [3.05, 3.63) is 24.3 Å². The van der Waals surface area contributed by atoms with Crippen molar-refractivity contribution in [3.63, 3.8) is 0 Å². The average molecular weight is 508 g/mol. The minimum Gasteiger partial charge on any atom is -0.464 e. The van der Waals surface area contributed by atoms with Gasteiger partial charge in [-0.2, -0.15) is 0 Å². The molecule has 3 unspecified atom stereocenters. The number of carbonyl (C=O) groups excluding carboxylic acids is 2. The lowest BCUT2D eigenvalue weighted by Gasteiger charge is -2.14. The van der Waals surface area contributed by atoms with Gasteiger partial charge < -0.3 is 23.9 Å². The molecule has 0 N–H and O–H groups in total. The second-order valence-electron chi connectivity index (χ2n) is 9.87. The van der Waals surface area contributed by atoms with Gasteiger partial charge in [0.15, 0.2) is 24.8 Å². The Morgan fingerprint density at radius 3 is 2.17 bits per heavy atom. The number of hydrogen-bond acceptors (Lipinski definition) is 6. The Balaban J connectivity index is 2.00. The fourth-order valence-corrected chi connectivity index (χ4v) is 4.14. The van der Waals surface area contributed by atoms with Crippen molar-refractivity contribution in [2.24, 2.45) is 0 Å². The van der Waals surface area contributed by atoms with Crippen LogP contribution in [0, 0.1) is 0 Å². The first-order chi connectivity index (χ1) is 17.6. The van der Waals surface area contributed by atoms with Gasteiger partial charge in [-0.05, 0) is 77.9 Å². The Bertz CT molecular complexity index is 606. The molecular formula is C30H53NO5. The van der Waals surface area contributed by atoms with Gasteiger partial charge in [-0.15, -0.1) is 0 Å². The van der Waals surface area contributed by atoms with Gasteiger partial charge in [-0.1, -0.05) is 76.7 Å². The van der Waals surface area contributed by atoms with Crippen LogP contribution in [-0.4, -0.2) is 62.4 Å². The molecule has 6 nitrogen and oxygen atoms in total. The zero-order valence-corrected chi connectivity index (χ0v) is 23.3. The molecule has 1 saturated heterocycles. The van der Waals surface area contributed by atoms with Crippen LogP contribution in [0.4, 0.5) is 0 Å². The first-order valence-corrected chi connectivity index (χ1v) is 14.5. The van der Waals surface area contributed by atoms with Crippen molar-refractivity contribution in [2.45, 2.75) is 129 Å². The van der Waals surface area contributed by atoms with Crippen LogP contribution in [0.5, 0.6) is 0 Å². The molecular weight excluding hydrogens is 454 g/mol. The Labute approximate surface area is 220 Å². The lowest BCUT2D eigenvalue weighted by Crippen LogP contribution is -2.34. The van der Waals surface area contributed by atoms with Crippen LogP contribution in [-0.2, 0) is 23.8 Å². The minimum absolute atomic E-state index is 0.368. The molecule has 0 spiro atoms. The fraction of sp³-hybridized carbons (Fsp3) is 0.800. The van der Waals surface area contributed by atoms with Gasteiger partial charge in [-0.3, -0.25) is 0 Å². The van der Waals surface area contributed by atoms with E-state index in [1.165, 1.54) is 44.9 Å². The smallest absolute Gasteiger partial charge is 0.338 e. The number of allylic oxidation sites excluding steroid dienone is 4. The summed E-state index contributed by atoms with van der Waals surface area (Å²) in [5, 5.41) is 0. The van der Waals surface area contributed by atoms with E-state index in [0.717, 1.165) is 58.0 Å². The molecule has 0 aliphatic carbocycles. The summed E-state index contributed by atoms with van der Waals surface area (Å²) in [6.07, 6.45) is 24.2. The third-order valence-corrected chi connectivity index (χ3v) is 6.63. The third kappa shape index (κ3) is 16.3. The van der Waals surface area contributed by atoms with Crippen LogP contribution < -0.4 is 0 Å². The normalized spacial score (nSPS) is 20.2. The van der Waals surface area contributed by atoms with E-state index < -0.39 is 24.5 Å². The maximum Gasteiger partial charge on any atom is 0.338 e. The van der Waals surface area contributed by atoms with Crippen molar-refractivity contribution in [3.8, 4) is 0 Å². The molecule has 0 aromatic carbocycles. The van der Waals surface area contributed by atoms with Gasteiger partial charge >= 0.3 is 5.97 Å². The number of unbranched alkanes of at least 4 members (excludes halogenated alkanes) is 10. The highest BCUT2D eigenvalue weighted by Gasteiger charge is 2.41. The molecule has 3 atom stereocenters. The summed E-state index contributed by atoms with van der Waals surface area (Å²) < 4.78 is 16.7. The molecule has 0 bridgehead atoms. The van der Waals surface area contributed by atoms with Crippen molar-refractivity contribution in [1.29, 1.82) is 0 Å². The topological polar surface area (TPSA) is 65.1 Å². The Hall–Kier alpha value is -1.50. The molecule has 1 aliphatic rings. The molecule has 36 heavy (non-hydrogen) atoms. The van der Waals surface area contributed by atoms with E-state index >= 15 is 0 Å². The number of rotatable bonds is 23. The van der Waals surface area contributed by atoms with Crippen LogP contribution in [0.15, 0.2) is 24.3 Å². The predicted molar refractivity (Wildman–Crippen MR) is 147 cm³/mol. The number of esters is 1. The van der Waals surface area contributed by atoms with Gasteiger partial charge in [0.2, 0.25) is 0 Å². The molecule has 1 fully saturated rings.